The Balaban J connectivity index is 2.51. The highest BCUT2D eigenvalue weighted by Crippen LogP contribution is 2.16. The first-order chi connectivity index (χ1) is 7.54. The third kappa shape index (κ3) is 3.57. The highest BCUT2D eigenvalue weighted by atomic mass is 32.1. The number of rotatable bonds is 6. The third-order valence-corrected chi connectivity index (χ3v) is 3.52. The largest absolute Gasteiger partial charge is 0.480 e. The van der Waals surface area contributed by atoms with Crippen LogP contribution in [0.25, 0.3) is 0 Å². The molecular weight excluding hydrogens is 224 g/mol. The molecule has 1 aromatic heterocycles. The molecule has 0 aliphatic carbocycles. The molecule has 90 valence electrons. The predicted molar refractivity (Wildman–Crippen MR) is 64.8 cm³/mol. The molecule has 0 amide bonds. The lowest BCUT2D eigenvalue weighted by Gasteiger charge is -2.11. The minimum Gasteiger partial charge on any atom is -0.480 e. The second-order valence-corrected chi connectivity index (χ2v) is 5.10. The fraction of sp³-hybridized carbons (Fsp3) is 0.636. The summed E-state index contributed by atoms with van der Waals surface area (Å²) >= 11 is 1.62. The molecule has 1 rings (SSSR count). The van der Waals surface area contributed by atoms with Crippen LogP contribution in [0.2, 0.25) is 0 Å². The minimum atomic E-state index is -0.785. The normalized spacial score (nSPS) is 12.7. The molecule has 1 aromatic rings. The van der Waals surface area contributed by atoms with E-state index in [4.69, 9.17) is 5.11 Å². The van der Waals surface area contributed by atoms with E-state index in [-0.39, 0.29) is 0 Å². The molecule has 0 saturated heterocycles. The van der Waals surface area contributed by atoms with Gasteiger partial charge in [-0.2, -0.15) is 0 Å². The summed E-state index contributed by atoms with van der Waals surface area (Å²) in [4.78, 5) is 16.5. The lowest BCUT2D eigenvalue weighted by Crippen LogP contribution is -2.35. The molecule has 16 heavy (non-hydrogen) atoms. The van der Waals surface area contributed by atoms with Crippen molar-refractivity contribution in [2.45, 2.75) is 46.2 Å². The summed E-state index contributed by atoms with van der Waals surface area (Å²) in [6, 6.07) is -0.463. The highest BCUT2D eigenvalue weighted by Gasteiger charge is 2.16. The van der Waals surface area contributed by atoms with E-state index in [1.165, 1.54) is 4.88 Å². The van der Waals surface area contributed by atoms with Crippen molar-refractivity contribution in [3.63, 3.8) is 0 Å². The number of thiazole rings is 1. The first-order valence-electron chi connectivity index (χ1n) is 5.43. The van der Waals surface area contributed by atoms with Crippen LogP contribution in [-0.2, 0) is 11.3 Å². The van der Waals surface area contributed by atoms with Gasteiger partial charge in [0.15, 0.2) is 0 Å². The average Bonchev–Trinajstić information content (AvgIpc) is 2.53. The molecule has 0 aliphatic heterocycles. The molecule has 0 spiro atoms. The number of hydrogen-bond donors (Lipinski definition) is 2. The monoisotopic (exact) mass is 242 g/mol. The summed E-state index contributed by atoms with van der Waals surface area (Å²) in [5, 5.41) is 12.9. The van der Waals surface area contributed by atoms with Crippen molar-refractivity contribution in [2.75, 3.05) is 0 Å². The van der Waals surface area contributed by atoms with E-state index in [0.29, 0.717) is 13.0 Å². The average molecular weight is 242 g/mol. The van der Waals surface area contributed by atoms with Crippen LogP contribution in [0, 0.1) is 13.8 Å². The number of carboxylic acid groups (broad SMARTS) is 1. The van der Waals surface area contributed by atoms with Gasteiger partial charge in [-0.15, -0.1) is 11.3 Å². The van der Waals surface area contributed by atoms with Crippen LogP contribution in [0.1, 0.15) is 35.3 Å². The van der Waals surface area contributed by atoms with Crippen molar-refractivity contribution in [1.82, 2.24) is 10.3 Å². The van der Waals surface area contributed by atoms with Gasteiger partial charge in [0.1, 0.15) is 11.0 Å². The molecule has 0 aliphatic rings. The van der Waals surface area contributed by atoms with E-state index in [1.807, 2.05) is 20.8 Å². The Morgan fingerprint density at radius 3 is 2.69 bits per heavy atom. The topological polar surface area (TPSA) is 62.2 Å². The maximum Gasteiger partial charge on any atom is 0.320 e. The number of aromatic nitrogens is 1. The number of carbonyl (C=O) groups is 1. The molecule has 1 heterocycles. The van der Waals surface area contributed by atoms with Crippen LogP contribution in [0.3, 0.4) is 0 Å². The van der Waals surface area contributed by atoms with Crippen LogP contribution in [0.4, 0.5) is 0 Å². The fourth-order valence-corrected chi connectivity index (χ4v) is 2.31. The van der Waals surface area contributed by atoms with E-state index in [1.54, 1.807) is 11.3 Å². The summed E-state index contributed by atoms with van der Waals surface area (Å²) in [5.74, 6) is -0.785. The number of nitrogens with zero attached hydrogens (tertiary/aromatic N) is 1. The minimum absolute atomic E-state index is 0.463. The molecule has 0 fully saturated rings. The Morgan fingerprint density at radius 1 is 1.56 bits per heavy atom. The summed E-state index contributed by atoms with van der Waals surface area (Å²) in [7, 11) is 0. The Bertz CT molecular complexity index is 343. The van der Waals surface area contributed by atoms with Crippen LogP contribution in [0.5, 0.6) is 0 Å². The van der Waals surface area contributed by atoms with E-state index in [2.05, 4.69) is 10.3 Å². The Morgan fingerprint density at radius 2 is 2.25 bits per heavy atom. The van der Waals surface area contributed by atoms with E-state index in [9.17, 15) is 4.79 Å². The van der Waals surface area contributed by atoms with Gasteiger partial charge < -0.3 is 5.11 Å². The Hall–Kier alpha value is -0.940. The molecule has 1 atom stereocenters. The maximum absolute atomic E-state index is 10.9. The van der Waals surface area contributed by atoms with Gasteiger partial charge >= 0.3 is 5.97 Å². The Kier molecular flexibility index (Phi) is 4.89. The van der Waals surface area contributed by atoms with E-state index >= 15 is 0 Å². The number of aliphatic carboxylic acids is 1. The van der Waals surface area contributed by atoms with Crippen molar-refractivity contribution in [1.29, 1.82) is 0 Å². The zero-order chi connectivity index (χ0) is 12.1. The lowest BCUT2D eigenvalue weighted by molar-refractivity contribution is -0.139. The Labute approximate surface area is 99.7 Å². The first-order valence-corrected chi connectivity index (χ1v) is 6.25. The number of aryl methyl sites for hydroxylation is 2. The SMILES string of the molecule is CCCC(NCc1nc(C)c(C)s1)C(=O)O. The van der Waals surface area contributed by atoms with Crippen LogP contribution in [-0.4, -0.2) is 22.1 Å². The van der Waals surface area contributed by atoms with Gasteiger partial charge in [0.25, 0.3) is 0 Å². The van der Waals surface area contributed by atoms with Gasteiger partial charge in [0.05, 0.1) is 5.69 Å². The number of carboxylic acids is 1. The van der Waals surface area contributed by atoms with Crippen molar-refractivity contribution >= 4 is 17.3 Å². The standard InChI is InChI=1S/C11H18N2O2S/c1-4-5-9(11(14)15)12-6-10-13-7(2)8(3)16-10/h9,12H,4-6H2,1-3H3,(H,14,15). The molecule has 4 nitrogen and oxygen atoms in total. The molecular formula is C11H18N2O2S. The van der Waals surface area contributed by atoms with Crippen molar-refractivity contribution in [3.05, 3.63) is 15.6 Å². The molecule has 0 radical (unpaired) electrons. The smallest absolute Gasteiger partial charge is 0.320 e. The van der Waals surface area contributed by atoms with E-state index in [0.717, 1.165) is 17.1 Å². The number of hydrogen-bond acceptors (Lipinski definition) is 4. The zero-order valence-electron chi connectivity index (χ0n) is 9.91. The molecule has 0 aromatic carbocycles. The molecule has 0 saturated carbocycles. The first kappa shape index (κ1) is 13.1. The zero-order valence-corrected chi connectivity index (χ0v) is 10.7. The van der Waals surface area contributed by atoms with Gasteiger partial charge in [-0.25, -0.2) is 4.98 Å². The van der Waals surface area contributed by atoms with Crippen molar-refractivity contribution in [2.24, 2.45) is 0 Å². The molecule has 1 unspecified atom stereocenters. The third-order valence-electron chi connectivity index (χ3n) is 2.45. The number of nitrogens with one attached hydrogen (secondary N) is 1. The van der Waals surface area contributed by atoms with Gasteiger partial charge in [0, 0.05) is 11.4 Å². The van der Waals surface area contributed by atoms with Crippen molar-refractivity contribution < 1.29 is 9.90 Å². The maximum atomic E-state index is 10.9. The molecule has 0 bridgehead atoms. The van der Waals surface area contributed by atoms with Gasteiger partial charge in [-0.1, -0.05) is 13.3 Å². The summed E-state index contributed by atoms with van der Waals surface area (Å²) < 4.78 is 0. The summed E-state index contributed by atoms with van der Waals surface area (Å²) in [6.45, 7) is 6.51. The fourth-order valence-electron chi connectivity index (χ4n) is 1.43. The quantitative estimate of drug-likeness (QED) is 0.802. The van der Waals surface area contributed by atoms with E-state index < -0.39 is 12.0 Å². The molecule has 5 heteroatoms. The summed E-state index contributed by atoms with van der Waals surface area (Å²) in [6.07, 6.45) is 1.51. The van der Waals surface area contributed by atoms with Crippen LogP contribution in [0.15, 0.2) is 0 Å². The van der Waals surface area contributed by atoms with Crippen molar-refractivity contribution in [3.8, 4) is 0 Å². The van der Waals surface area contributed by atoms with Crippen LogP contribution < -0.4 is 5.32 Å². The predicted octanol–water partition coefficient (Wildman–Crippen LogP) is 2.10. The second-order valence-electron chi connectivity index (χ2n) is 3.81. The lowest BCUT2D eigenvalue weighted by atomic mass is 10.2. The summed E-state index contributed by atoms with van der Waals surface area (Å²) in [5.41, 5.74) is 1.03. The second kappa shape index (κ2) is 5.96. The van der Waals surface area contributed by atoms with Gasteiger partial charge in [-0.05, 0) is 20.3 Å². The van der Waals surface area contributed by atoms with Crippen LogP contribution >= 0.6 is 11.3 Å². The molecule has 2 N–H and O–H groups in total. The highest BCUT2D eigenvalue weighted by molar-refractivity contribution is 7.11. The van der Waals surface area contributed by atoms with Gasteiger partial charge in [-0.3, -0.25) is 10.1 Å². The van der Waals surface area contributed by atoms with Gasteiger partial charge in [0.2, 0.25) is 0 Å².